The minimum atomic E-state index is 0.151. The first-order valence-electron chi connectivity index (χ1n) is 6.51. The quantitative estimate of drug-likeness (QED) is 0.867. The first-order chi connectivity index (χ1) is 8.05. The van der Waals surface area contributed by atoms with Crippen LogP contribution in [0.5, 0.6) is 0 Å². The molecule has 17 heavy (non-hydrogen) atoms. The average molecular weight is 233 g/mol. The fraction of sp³-hybridized carbons (Fsp3) is 0.600. The highest BCUT2D eigenvalue weighted by atomic mass is 16.3. The third kappa shape index (κ3) is 2.32. The Hall–Kier alpha value is -1.02. The van der Waals surface area contributed by atoms with E-state index in [1.165, 1.54) is 17.7 Å². The molecule has 1 aromatic carbocycles. The minimum Gasteiger partial charge on any atom is -0.396 e. The molecule has 1 heterocycles. The van der Waals surface area contributed by atoms with E-state index in [-0.39, 0.29) is 5.54 Å². The van der Waals surface area contributed by atoms with Gasteiger partial charge in [0.25, 0.3) is 0 Å². The van der Waals surface area contributed by atoms with E-state index in [0.717, 1.165) is 13.0 Å². The van der Waals surface area contributed by atoms with Gasteiger partial charge >= 0.3 is 0 Å². The van der Waals surface area contributed by atoms with Crippen molar-refractivity contribution in [1.29, 1.82) is 0 Å². The molecule has 0 aromatic heterocycles. The zero-order chi connectivity index (χ0) is 12.5. The summed E-state index contributed by atoms with van der Waals surface area (Å²) < 4.78 is 0. The van der Waals surface area contributed by atoms with Crippen molar-refractivity contribution in [2.75, 3.05) is 18.1 Å². The highest BCUT2D eigenvalue weighted by Gasteiger charge is 2.40. The fourth-order valence-electron chi connectivity index (χ4n) is 2.99. The number of aliphatic hydroxyl groups excluding tert-OH is 1. The zero-order valence-corrected chi connectivity index (χ0v) is 11.1. The largest absolute Gasteiger partial charge is 0.396 e. The second-order valence-corrected chi connectivity index (χ2v) is 5.64. The summed E-state index contributed by atoms with van der Waals surface area (Å²) in [5, 5.41) is 9.13. The molecule has 2 nitrogen and oxygen atoms in total. The van der Waals surface area contributed by atoms with Crippen LogP contribution in [0, 0.1) is 12.8 Å². The number of rotatable bonds is 3. The number of benzene rings is 1. The Morgan fingerprint density at radius 3 is 2.53 bits per heavy atom. The zero-order valence-electron chi connectivity index (χ0n) is 11.1. The number of anilines is 1. The van der Waals surface area contributed by atoms with Gasteiger partial charge in [0.2, 0.25) is 0 Å². The SMILES string of the molecule is Cc1ccc(N2CCC(CCO)C2(C)C)cc1. The van der Waals surface area contributed by atoms with Gasteiger partial charge in [-0.05, 0) is 51.7 Å². The van der Waals surface area contributed by atoms with Crippen molar-refractivity contribution in [2.24, 2.45) is 5.92 Å². The van der Waals surface area contributed by atoms with E-state index in [1.54, 1.807) is 0 Å². The normalized spacial score (nSPS) is 23.1. The van der Waals surface area contributed by atoms with E-state index in [9.17, 15) is 0 Å². The van der Waals surface area contributed by atoms with Gasteiger partial charge in [-0.25, -0.2) is 0 Å². The summed E-state index contributed by atoms with van der Waals surface area (Å²) in [4.78, 5) is 2.48. The van der Waals surface area contributed by atoms with Crippen LogP contribution in [0.2, 0.25) is 0 Å². The third-order valence-corrected chi connectivity index (χ3v) is 4.22. The summed E-state index contributed by atoms with van der Waals surface area (Å²) >= 11 is 0. The Labute approximate surface area is 104 Å². The molecule has 0 radical (unpaired) electrons. The molecule has 1 unspecified atom stereocenters. The van der Waals surface area contributed by atoms with Crippen LogP contribution >= 0.6 is 0 Å². The highest BCUT2D eigenvalue weighted by molar-refractivity contribution is 5.51. The molecule has 1 N–H and O–H groups in total. The van der Waals surface area contributed by atoms with Gasteiger partial charge in [0.1, 0.15) is 0 Å². The number of nitrogens with zero attached hydrogens (tertiary/aromatic N) is 1. The van der Waals surface area contributed by atoms with Crippen molar-refractivity contribution < 1.29 is 5.11 Å². The van der Waals surface area contributed by atoms with E-state index in [0.29, 0.717) is 12.5 Å². The Morgan fingerprint density at radius 2 is 1.94 bits per heavy atom. The van der Waals surface area contributed by atoms with E-state index < -0.39 is 0 Å². The predicted molar refractivity (Wildman–Crippen MR) is 72.4 cm³/mol. The summed E-state index contributed by atoms with van der Waals surface area (Å²) in [6.45, 7) is 8.10. The second kappa shape index (κ2) is 4.69. The van der Waals surface area contributed by atoms with E-state index in [2.05, 4.69) is 49.9 Å². The van der Waals surface area contributed by atoms with Crippen LogP contribution in [-0.2, 0) is 0 Å². The molecule has 1 aliphatic rings. The highest BCUT2D eigenvalue weighted by Crippen LogP contribution is 2.39. The molecule has 1 fully saturated rings. The summed E-state index contributed by atoms with van der Waals surface area (Å²) in [7, 11) is 0. The topological polar surface area (TPSA) is 23.5 Å². The molecule has 0 spiro atoms. The molecular weight excluding hydrogens is 210 g/mol. The van der Waals surface area contributed by atoms with Crippen LogP contribution in [0.3, 0.4) is 0 Å². The van der Waals surface area contributed by atoms with Crippen LogP contribution < -0.4 is 4.90 Å². The summed E-state index contributed by atoms with van der Waals surface area (Å²) in [5.41, 5.74) is 2.76. The van der Waals surface area contributed by atoms with Gasteiger partial charge < -0.3 is 10.0 Å². The molecule has 1 aromatic rings. The van der Waals surface area contributed by atoms with Gasteiger partial charge in [0.05, 0.1) is 0 Å². The van der Waals surface area contributed by atoms with Gasteiger partial charge in [0.15, 0.2) is 0 Å². The standard InChI is InChI=1S/C15H23NO/c1-12-4-6-14(7-5-12)16-10-8-13(9-11-17)15(16,2)3/h4-7,13,17H,8-11H2,1-3H3. The monoisotopic (exact) mass is 233 g/mol. The molecule has 2 rings (SSSR count). The second-order valence-electron chi connectivity index (χ2n) is 5.64. The lowest BCUT2D eigenvalue weighted by atomic mass is 9.86. The minimum absolute atomic E-state index is 0.151. The van der Waals surface area contributed by atoms with Gasteiger partial charge in [-0.1, -0.05) is 17.7 Å². The summed E-state index contributed by atoms with van der Waals surface area (Å²) in [6, 6.07) is 8.76. The Balaban J connectivity index is 2.20. The number of hydrogen-bond acceptors (Lipinski definition) is 2. The average Bonchev–Trinajstić information content (AvgIpc) is 2.57. The van der Waals surface area contributed by atoms with Gasteiger partial charge in [-0.2, -0.15) is 0 Å². The van der Waals surface area contributed by atoms with Crippen molar-refractivity contribution >= 4 is 5.69 Å². The van der Waals surface area contributed by atoms with Crippen LogP contribution in [0.1, 0.15) is 32.3 Å². The molecular formula is C15H23NO. The maximum atomic E-state index is 9.13. The fourth-order valence-corrected chi connectivity index (χ4v) is 2.99. The molecule has 1 atom stereocenters. The van der Waals surface area contributed by atoms with Crippen molar-refractivity contribution in [1.82, 2.24) is 0 Å². The van der Waals surface area contributed by atoms with Crippen molar-refractivity contribution in [3.8, 4) is 0 Å². The van der Waals surface area contributed by atoms with Crippen LogP contribution in [0.15, 0.2) is 24.3 Å². The van der Waals surface area contributed by atoms with Gasteiger partial charge in [-0.3, -0.25) is 0 Å². The molecule has 2 heteroatoms. The van der Waals surface area contributed by atoms with Crippen molar-refractivity contribution in [2.45, 2.75) is 39.2 Å². The number of hydrogen-bond donors (Lipinski definition) is 1. The Kier molecular flexibility index (Phi) is 3.43. The molecule has 1 saturated heterocycles. The van der Waals surface area contributed by atoms with Gasteiger partial charge in [0, 0.05) is 24.4 Å². The lowest BCUT2D eigenvalue weighted by molar-refractivity contribution is 0.229. The first kappa shape index (κ1) is 12.4. The van der Waals surface area contributed by atoms with Crippen molar-refractivity contribution in [3.63, 3.8) is 0 Å². The van der Waals surface area contributed by atoms with Crippen LogP contribution in [0.4, 0.5) is 5.69 Å². The van der Waals surface area contributed by atoms with E-state index in [4.69, 9.17) is 5.11 Å². The summed E-state index contributed by atoms with van der Waals surface area (Å²) in [6.07, 6.45) is 2.09. The predicted octanol–water partition coefficient (Wildman–Crippen LogP) is 2.98. The molecule has 0 aliphatic carbocycles. The van der Waals surface area contributed by atoms with Crippen LogP contribution in [-0.4, -0.2) is 23.8 Å². The molecule has 1 aliphatic heterocycles. The smallest absolute Gasteiger partial charge is 0.0434 e. The lowest BCUT2D eigenvalue weighted by Gasteiger charge is -2.37. The van der Waals surface area contributed by atoms with E-state index in [1.807, 2.05) is 0 Å². The summed E-state index contributed by atoms with van der Waals surface area (Å²) in [5.74, 6) is 0.591. The maximum Gasteiger partial charge on any atom is 0.0434 e. The molecule has 94 valence electrons. The lowest BCUT2D eigenvalue weighted by Crippen LogP contribution is -2.42. The molecule has 0 bridgehead atoms. The van der Waals surface area contributed by atoms with E-state index >= 15 is 0 Å². The number of aliphatic hydroxyl groups is 1. The molecule has 0 amide bonds. The van der Waals surface area contributed by atoms with Crippen molar-refractivity contribution in [3.05, 3.63) is 29.8 Å². The first-order valence-corrected chi connectivity index (χ1v) is 6.51. The number of aryl methyl sites for hydroxylation is 1. The Morgan fingerprint density at radius 1 is 1.29 bits per heavy atom. The molecule has 0 saturated carbocycles. The van der Waals surface area contributed by atoms with Gasteiger partial charge in [-0.15, -0.1) is 0 Å². The van der Waals surface area contributed by atoms with Crippen LogP contribution in [0.25, 0.3) is 0 Å². The third-order valence-electron chi connectivity index (χ3n) is 4.22. The Bertz CT molecular complexity index is 369. The maximum absolute atomic E-state index is 9.13.